The summed E-state index contributed by atoms with van der Waals surface area (Å²) in [6.45, 7) is 5.52. The van der Waals surface area contributed by atoms with Crippen molar-refractivity contribution in [3.05, 3.63) is 24.2 Å². The van der Waals surface area contributed by atoms with Crippen LogP contribution in [0.1, 0.15) is 51.7 Å². The molecule has 2 heterocycles. The molecule has 1 aromatic heterocycles. The van der Waals surface area contributed by atoms with Gasteiger partial charge in [0.05, 0.1) is 24.0 Å². The molecule has 1 aliphatic heterocycles. The zero-order valence-electron chi connectivity index (χ0n) is 16.6. The molecule has 0 radical (unpaired) electrons. The van der Waals surface area contributed by atoms with Crippen molar-refractivity contribution in [3.8, 4) is 0 Å². The molecule has 3 N–H and O–H groups in total. The van der Waals surface area contributed by atoms with Gasteiger partial charge in [0.2, 0.25) is 0 Å². The third kappa shape index (κ3) is 2.84. The Kier molecular flexibility index (Phi) is 4.64. The summed E-state index contributed by atoms with van der Waals surface area (Å²) in [6, 6.07) is 3.81. The topological polar surface area (TPSA) is 85.5 Å². The molecule has 0 amide bonds. The zero-order chi connectivity index (χ0) is 19.3. The van der Waals surface area contributed by atoms with Crippen LogP contribution in [0.2, 0.25) is 0 Å². The van der Waals surface area contributed by atoms with E-state index in [0.29, 0.717) is 25.9 Å². The molecule has 2 aliphatic carbocycles. The van der Waals surface area contributed by atoms with Crippen LogP contribution in [0, 0.1) is 17.3 Å². The first-order chi connectivity index (χ1) is 12.8. The van der Waals surface area contributed by atoms with E-state index in [2.05, 4.69) is 12.2 Å². The van der Waals surface area contributed by atoms with Crippen molar-refractivity contribution >= 4 is 5.97 Å². The second kappa shape index (κ2) is 6.61. The number of carbonyl (C=O) groups excluding carboxylic acids is 1. The summed E-state index contributed by atoms with van der Waals surface area (Å²) < 4.78 is 17.0. The number of furan rings is 1. The van der Waals surface area contributed by atoms with E-state index in [1.54, 1.807) is 13.4 Å². The molecule has 2 saturated carbocycles. The normalized spacial score (nSPS) is 43.9. The lowest BCUT2D eigenvalue weighted by molar-refractivity contribution is -0.676. The lowest BCUT2D eigenvalue weighted by atomic mass is 9.49. The van der Waals surface area contributed by atoms with Crippen LogP contribution in [0.15, 0.2) is 22.8 Å². The summed E-state index contributed by atoms with van der Waals surface area (Å²) in [4.78, 5) is 12.6. The quantitative estimate of drug-likeness (QED) is 0.761. The highest BCUT2D eigenvalue weighted by atomic mass is 16.6. The van der Waals surface area contributed by atoms with Crippen LogP contribution in [0.4, 0.5) is 0 Å². The molecule has 6 heteroatoms. The van der Waals surface area contributed by atoms with E-state index in [9.17, 15) is 9.90 Å². The average Bonchev–Trinajstić information content (AvgIpc) is 3.23. The predicted octanol–water partition coefficient (Wildman–Crippen LogP) is 1.62. The molecular formula is C21H32NO5+. The van der Waals surface area contributed by atoms with E-state index in [0.717, 1.165) is 25.0 Å². The first-order valence-corrected chi connectivity index (χ1v) is 10.1. The molecule has 4 rings (SSSR count). The maximum atomic E-state index is 12.6. The number of methoxy groups -OCH3 is 1. The van der Waals surface area contributed by atoms with Crippen molar-refractivity contribution in [2.75, 3.05) is 13.7 Å². The summed E-state index contributed by atoms with van der Waals surface area (Å²) in [5, 5.41) is 14.0. The van der Waals surface area contributed by atoms with E-state index in [4.69, 9.17) is 13.9 Å². The summed E-state index contributed by atoms with van der Waals surface area (Å²) in [6.07, 6.45) is 5.65. The standard InChI is InChI=1S/C21H31NO5/c1-19-7-5-8-20(2,25-3)21(19,24)10-15-16(18(23)27-17(15)11-19)13-22-12-14-6-4-9-26-14/h4,6,9,15-17,22,24H,5,7-8,10-13H2,1-3H3/p+1/t15-,16-,17+,19-,20-,21-/m0/s1. The van der Waals surface area contributed by atoms with E-state index < -0.39 is 11.2 Å². The molecule has 0 bridgehead atoms. The number of ether oxygens (including phenoxy) is 2. The molecule has 27 heavy (non-hydrogen) atoms. The number of aliphatic hydroxyl groups is 1. The molecule has 0 unspecified atom stereocenters. The van der Waals surface area contributed by atoms with Crippen LogP contribution in [0.25, 0.3) is 0 Å². The second-order valence-electron chi connectivity index (χ2n) is 9.17. The monoisotopic (exact) mass is 378 g/mol. The largest absolute Gasteiger partial charge is 0.463 e. The van der Waals surface area contributed by atoms with Gasteiger partial charge in [0.15, 0.2) is 5.76 Å². The van der Waals surface area contributed by atoms with Crippen LogP contribution in [-0.2, 0) is 20.8 Å². The van der Waals surface area contributed by atoms with E-state index >= 15 is 0 Å². The minimum absolute atomic E-state index is 0.0380. The van der Waals surface area contributed by atoms with Crippen molar-refractivity contribution in [3.63, 3.8) is 0 Å². The van der Waals surface area contributed by atoms with Crippen LogP contribution < -0.4 is 5.32 Å². The van der Waals surface area contributed by atoms with Gasteiger partial charge >= 0.3 is 5.97 Å². The second-order valence-corrected chi connectivity index (χ2v) is 9.17. The molecule has 3 aliphatic rings. The highest BCUT2D eigenvalue weighted by molar-refractivity contribution is 5.75. The number of hydrogen-bond donors (Lipinski definition) is 2. The number of esters is 1. The van der Waals surface area contributed by atoms with Crippen molar-refractivity contribution in [1.29, 1.82) is 0 Å². The van der Waals surface area contributed by atoms with Crippen molar-refractivity contribution in [1.82, 2.24) is 0 Å². The number of hydrogen-bond acceptors (Lipinski definition) is 5. The minimum atomic E-state index is -0.943. The summed E-state index contributed by atoms with van der Waals surface area (Å²) in [5.74, 6) is 0.621. The Hall–Kier alpha value is -1.37. The summed E-state index contributed by atoms with van der Waals surface area (Å²) in [7, 11) is 1.70. The van der Waals surface area contributed by atoms with Crippen molar-refractivity contribution < 1.29 is 29.1 Å². The Morgan fingerprint density at radius 3 is 2.85 bits per heavy atom. The van der Waals surface area contributed by atoms with Gasteiger partial charge in [0.25, 0.3) is 0 Å². The Balaban J connectivity index is 1.52. The summed E-state index contributed by atoms with van der Waals surface area (Å²) in [5.41, 5.74) is -1.81. The lowest BCUT2D eigenvalue weighted by Gasteiger charge is -2.61. The first-order valence-electron chi connectivity index (χ1n) is 10.1. The molecule has 6 atom stereocenters. The lowest BCUT2D eigenvalue weighted by Crippen LogP contribution is -2.84. The number of carbonyl (C=O) groups is 1. The maximum Gasteiger partial charge on any atom is 0.315 e. The smallest absolute Gasteiger partial charge is 0.315 e. The highest BCUT2D eigenvalue weighted by Gasteiger charge is 2.67. The number of rotatable bonds is 5. The van der Waals surface area contributed by atoms with E-state index in [1.807, 2.05) is 19.1 Å². The number of nitrogens with two attached hydrogens (primary N) is 1. The fourth-order valence-electron chi connectivity index (χ4n) is 5.99. The van der Waals surface area contributed by atoms with Gasteiger partial charge < -0.3 is 24.3 Å². The molecule has 3 fully saturated rings. The SMILES string of the molecule is CO[C@@]1(C)CCC[C@@]2(C)C[C@H]3OC(=O)[C@@H](C[NH2+]Cc4ccco4)[C@@H]3C[C@]21O. The van der Waals surface area contributed by atoms with Crippen LogP contribution in [0.3, 0.4) is 0 Å². The Morgan fingerprint density at radius 1 is 1.33 bits per heavy atom. The Morgan fingerprint density at radius 2 is 2.15 bits per heavy atom. The van der Waals surface area contributed by atoms with Crippen LogP contribution >= 0.6 is 0 Å². The molecule has 0 spiro atoms. The van der Waals surface area contributed by atoms with Gasteiger partial charge in [-0.2, -0.15) is 0 Å². The van der Waals surface area contributed by atoms with Gasteiger partial charge in [-0.3, -0.25) is 4.79 Å². The molecule has 1 aromatic rings. The van der Waals surface area contributed by atoms with Crippen molar-refractivity contribution in [2.45, 2.75) is 69.8 Å². The fraction of sp³-hybridized carbons (Fsp3) is 0.762. The van der Waals surface area contributed by atoms with Gasteiger partial charge in [-0.1, -0.05) is 6.92 Å². The third-order valence-corrected chi connectivity index (χ3v) is 7.80. The van der Waals surface area contributed by atoms with E-state index in [-0.39, 0.29) is 29.3 Å². The van der Waals surface area contributed by atoms with Gasteiger partial charge in [-0.15, -0.1) is 0 Å². The fourth-order valence-corrected chi connectivity index (χ4v) is 5.99. The number of fused-ring (bicyclic) bond motifs is 2. The van der Waals surface area contributed by atoms with Gasteiger partial charge in [0, 0.05) is 18.4 Å². The predicted molar refractivity (Wildman–Crippen MR) is 97.6 cm³/mol. The maximum absolute atomic E-state index is 12.6. The molecule has 1 saturated heterocycles. The van der Waals surface area contributed by atoms with Crippen molar-refractivity contribution in [2.24, 2.45) is 17.3 Å². The van der Waals surface area contributed by atoms with Gasteiger partial charge in [-0.25, -0.2) is 0 Å². The Labute approximate surface area is 160 Å². The van der Waals surface area contributed by atoms with Gasteiger partial charge in [0.1, 0.15) is 18.6 Å². The molecule has 6 nitrogen and oxygen atoms in total. The van der Waals surface area contributed by atoms with Crippen LogP contribution in [0.5, 0.6) is 0 Å². The van der Waals surface area contributed by atoms with E-state index in [1.165, 1.54) is 0 Å². The molecule has 0 aromatic carbocycles. The summed E-state index contributed by atoms with van der Waals surface area (Å²) >= 11 is 0. The molecule has 150 valence electrons. The minimum Gasteiger partial charge on any atom is -0.463 e. The van der Waals surface area contributed by atoms with Crippen LogP contribution in [-0.4, -0.2) is 42.0 Å². The molecular weight excluding hydrogens is 346 g/mol. The average molecular weight is 378 g/mol. The third-order valence-electron chi connectivity index (χ3n) is 7.80. The number of quaternary nitrogens is 1. The van der Waals surface area contributed by atoms with Gasteiger partial charge in [-0.05, 0) is 51.2 Å². The Bertz CT molecular complexity index is 691. The first kappa shape index (κ1) is 19.0. The highest BCUT2D eigenvalue weighted by Crippen LogP contribution is 2.61. The zero-order valence-corrected chi connectivity index (χ0v) is 16.6.